The fourth-order valence-corrected chi connectivity index (χ4v) is 2.89. The number of aryl methyl sites for hydroxylation is 1. The molecule has 0 aliphatic carbocycles. The summed E-state index contributed by atoms with van der Waals surface area (Å²) in [7, 11) is 0. The molecular weight excluding hydrogens is 390 g/mol. The van der Waals surface area contributed by atoms with Crippen molar-refractivity contribution in [2.45, 2.75) is 13.8 Å². The van der Waals surface area contributed by atoms with Crippen molar-refractivity contribution in [2.75, 3.05) is 4.90 Å². The Labute approximate surface area is 181 Å². The van der Waals surface area contributed by atoms with Crippen LogP contribution in [0.25, 0.3) is 0 Å². The van der Waals surface area contributed by atoms with Crippen LogP contribution in [-0.2, 0) is 9.59 Å². The second-order valence-corrected chi connectivity index (χ2v) is 6.96. The van der Waals surface area contributed by atoms with Gasteiger partial charge in [0, 0.05) is 28.7 Å². The molecule has 3 aromatic rings. The lowest BCUT2D eigenvalue weighted by molar-refractivity contribution is -0.130. The van der Waals surface area contributed by atoms with Gasteiger partial charge in [0.1, 0.15) is 11.5 Å². The molecule has 0 saturated carbocycles. The number of rotatable bonds is 7. The summed E-state index contributed by atoms with van der Waals surface area (Å²) in [6, 6.07) is 22.5. The first-order valence-electron chi connectivity index (χ1n) is 9.66. The maximum absolute atomic E-state index is 11.8. The van der Waals surface area contributed by atoms with E-state index in [9.17, 15) is 9.59 Å². The molecule has 0 amide bonds. The number of hydrogen-bond acceptors (Lipinski definition) is 5. The molecule has 156 valence electrons. The molecule has 5 heteroatoms. The van der Waals surface area contributed by atoms with Crippen molar-refractivity contribution in [1.82, 2.24) is 0 Å². The Balaban J connectivity index is 1.96. The zero-order valence-corrected chi connectivity index (χ0v) is 17.5. The van der Waals surface area contributed by atoms with Crippen molar-refractivity contribution < 1.29 is 19.1 Å². The van der Waals surface area contributed by atoms with Crippen LogP contribution in [0.3, 0.4) is 0 Å². The van der Waals surface area contributed by atoms with Crippen molar-refractivity contribution in [3.8, 4) is 11.5 Å². The fraction of sp³-hybridized carbons (Fsp3) is 0.0769. The highest BCUT2D eigenvalue weighted by Gasteiger charge is 2.14. The highest BCUT2D eigenvalue weighted by Crippen LogP contribution is 2.36. The third kappa shape index (κ3) is 5.48. The normalized spacial score (nSPS) is 10.1. The number of benzene rings is 3. The van der Waals surface area contributed by atoms with Gasteiger partial charge in [-0.1, -0.05) is 25.3 Å². The third-order valence-electron chi connectivity index (χ3n) is 4.39. The highest BCUT2D eigenvalue weighted by molar-refractivity contribution is 5.89. The largest absolute Gasteiger partial charge is 0.423 e. The molecule has 0 radical (unpaired) electrons. The molecule has 0 fully saturated rings. The molecule has 0 atom stereocenters. The molecule has 0 aliphatic rings. The molecule has 0 saturated heterocycles. The SMILES string of the molecule is C=CC(=O)Oc1ccc(N(c2ccc(OC(=O)C(=C)C)cc2)c2cccc(C)c2)cc1. The van der Waals surface area contributed by atoms with Crippen LogP contribution < -0.4 is 14.4 Å². The van der Waals surface area contributed by atoms with E-state index in [1.165, 1.54) is 0 Å². The van der Waals surface area contributed by atoms with Gasteiger partial charge in [0.05, 0.1) is 0 Å². The summed E-state index contributed by atoms with van der Waals surface area (Å²) in [6.07, 6.45) is 1.12. The molecule has 0 N–H and O–H groups in total. The predicted octanol–water partition coefficient (Wildman–Crippen LogP) is 6.04. The summed E-state index contributed by atoms with van der Waals surface area (Å²) in [5.74, 6) is -0.108. The van der Waals surface area contributed by atoms with Gasteiger partial charge in [0.15, 0.2) is 0 Å². The predicted molar refractivity (Wildman–Crippen MR) is 122 cm³/mol. The van der Waals surface area contributed by atoms with Crippen molar-refractivity contribution >= 4 is 29.0 Å². The van der Waals surface area contributed by atoms with Gasteiger partial charge in [-0.25, -0.2) is 9.59 Å². The maximum atomic E-state index is 11.8. The highest BCUT2D eigenvalue weighted by atomic mass is 16.5. The average Bonchev–Trinajstić information content (AvgIpc) is 2.76. The second kappa shape index (κ2) is 9.59. The van der Waals surface area contributed by atoms with E-state index >= 15 is 0 Å². The fourth-order valence-electron chi connectivity index (χ4n) is 2.89. The minimum Gasteiger partial charge on any atom is -0.423 e. The lowest BCUT2D eigenvalue weighted by atomic mass is 10.1. The Morgan fingerprint density at radius 3 is 1.87 bits per heavy atom. The quantitative estimate of drug-likeness (QED) is 0.269. The lowest BCUT2D eigenvalue weighted by Crippen LogP contribution is -2.11. The topological polar surface area (TPSA) is 55.8 Å². The van der Waals surface area contributed by atoms with Crippen LogP contribution in [-0.4, -0.2) is 11.9 Å². The standard InChI is InChI=1S/C26H23NO4/c1-5-25(28)30-23-13-9-20(10-14-23)27(22-8-6-7-19(4)17-22)21-11-15-24(16-12-21)31-26(29)18(2)3/h5-17H,1-2H2,3-4H3. The second-order valence-electron chi connectivity index (χ2n) is 6.96. The van der Waals surface area contributed by atoms with E-state index in [4.69, 9.17) is 9.47 Å². The van der Waals surface area contributed by atoms with Crippen LogP contribution in [0.2, 0.25) is 0 Å². The van der Waals surface area contributed by atoms with Gasteiger partial charge in [-0.15, -0.1) is 0 Å². The van der Waals surface area contributed by atoms with Gasteiger partial charge in [0.25, 0.3) is 0 Å². The van der Waals surface area contributed by atoms with Crippen molar-refractivity contribution in [3.63, 3.8) is 0 Å². The summed E-state index contributed by atoms with van der Waals surface area (Å²) >= 11 is 0. The first-order valence-corrected chi connectivity index (χ1v) is 9.66. The Bertz CT molecular complexity index is 1110. The molecule has 3 rings (SSSR count). The maximum Gasteiger partial charge on any atom is 0.338 e. The first kappa shape index (κ1) is 21.6. The van der Waals surface area contributed by atoms with E-state index in [0.29, 0.717) is 17.1 Å². The smallest absolute Gasteiger partial charge is 0.338 e. The number of anilines is 3. The molecule has 5 nitrogen and oxygen atoms in total. The van der Waals surface area contributed by atoms with Gasteiger partial charge in [-0.3, -0.25) is 0 Å². The molecular formula is C26H23NO4. The molecule has 0 aromatic heterocycles. The molecule has 0 aliphatic heterocycles. The van der Waals surface area contributed by atoms with Crippen LogP contribution in [0, 0.1) is 6.92 Å². The van der Waals surface area contributed by atoms with E-state index in [2.05, 4.69) is 24.1 Å². The monoisotopic (exact) mass is 413 g/mol. The van der Waals surface area contributed by atoms with Gasteiger partial charge < -0.3 is 14.4 Å². The van der Waals surface area contributed by atoms with E-state index in [1.54, 1.807) is 31.2 Å². The van der Waals surface area contributed by atoms with Gasteiger partial charge in [0.2, 0.25) is 0 Å². The van der Waals surface area contributed by atoms with Crippen molar-refractivity contribution in [3.05, 3.63) is 103 Å². The molecule has 0 unspecified atom stereocenters. The Morgan fingerprint density at radius 1 is 0.839 bits per heavy atom. The summed E-state index contributed by atoms with van der Waals surface area (Å²) in [6.45, 7) is 10.6. The summed E-state index contributed by atoms with van der Waals surface area (Å²) in [4.78, 5) is 25.3. The van der Waals surface area contributed by atoms with Gasteiger partial charge in [-0.2, -0.15) is 0 Å². The molecule has 31 heavy (non-hydrogen) atoms. The number of nitrogens with zero attached hydrogens (tertiary/aromatic N) is 1. The number of carbonyl (C=O) groups is 2. The van der Waals surface area contributed by atoms with Crippen LogP contribution in [0.5, 0.6) is 11.5 Å². The van der Waals surface area contributed by atoms with Gasteiger partial charge >= 0.3 is 11.9 Å². The van der Waals surface area contributed by atoms with E-state index in [-0.39, 0.29) is 0 Å². The number of ether oxygens (including phenoxy) is 2. The Morgan fingerprint density at radius 2 is 1.39 bits per heavy atom. The van der Waals surface area contributed by atoms with E-state index < -0.39 is 11.9 Å². The molecule has 0 bridgehead atoms. The molecule has 0 spiro atoms. The minimum atomic E-state index is -0.511. The first-order chi connectivity index (χ1) is 14.9. The van der Waals surface area contributed by atoms with Crippen LogP contribution >= 0.6 is 0 Å². The number of hydrogen-bond donors (Lipinski definition) is 0. The minimum absolute atomic E-state index is 0.336. The van der Waals surface area contributed by atoms with Crippen molar-refractivity contribution in [2.24, 2.45) is 0 Å². The number of esters is 2. The van der Waals surface area contributed by atoms with Crippen molar-refractivity contribution in [1.29, 1.82) is 0 Å². The van der Waals surface area contributed by atoms with E-state index in [0.717, 1.165) is 28.7 Å². The van der Waals surface area contributed by atoms with Crippen LogP contribution in [0.4, 0.5) is 17.1 Å². The summed E-state index contributed by atoms with van der Waals surface area (Å²) in [5, 5.41) is 0. The Kier molecular flexibility index (Phi) is 6.67. The summed E-state index contributed by atoms with van der Waals surface area (Å²) < 4.78 is 10.5. The van der Waals surface area contributed by atoms with Gasteiger partial charge in [-0.05, 0) is 80.1 Å². The van der Waals surface area contributed by atoms with Crippen LogP contribution in [0.1, 0.15) is 12.5 Å². The lowest BCUT2D eigenvalue weighted by Gasteiger charge is -2.26. The summed E-state index contributed by atoms with van der Waals surface area (Å²) in [5.41, 5.74) is 4.16. The van der Waals surface area contributed by atoms with E-state index in [1.807, 2.05) is 49.4 Å². The zero-order valence-electron chi connectivity index (χ0n) is 17.5. The molecule has 0 heterocycles. The van der Waals surface area contributed by atoms with Crippen LogP contribution in [0.15, 0.2) is 97.6 Å². The Hall–Kier alpha value is -4.12. The number of carbonyl (C=O) groups excluding carboxylic acids is 2. The molecule has 3 aromatic carbocycles. The zero-order chi connectivity index (χ0) is 22.4. The average molecular weight is 413 g/mol. The third-order valence-corrected chi connectivity index (χ3v) is 4.39.